The van der Waals surface area contributed by atoms with Crippen molar-refractivity contribution in [1.29, 1.82) is 0 Å². The molecule has 0 aliphatic heterocycles. The number of carbonyl (C=O) groups excluding carboxylic acids is 2. The molecule has 116 valence electrons. The van der Waals surface area contributed by atoms with E-state index in [-0.39, 0.29) is 6.42 Å². The molecule has 1 N–H and O–H groups in total. The topological polar surface area (TPSA) is 64.6 Å². The van der Waals surface area contributed by atoms with Crippen molar-refractivity contribution in [1.82, 2.24) is 5.32 Å². The minimum Gasteiger partial charge on any atom is -0.494 e. The van der Waals surface area contributed by atoms with E-state index in [4.69, 9.17) is 9.47 Å². The van der Waals surface area contributed by atoms with Crippen LogP contribution in [0.5, 0.6) is 5.75 Å². The zero-order chi connectivity index (χ0) is 15.9. The molecule has 0 unspecified atom stereocenters. The Kier molecular flexibility index (Phi) is 6.21. The minimum absolute atomic E-state index is 0.156. The first-order valence-electron chi connectivity index (χ1n) is 7.02. The summed E-state index contributed by atoms with van der Waals surface area (Å²) in [5, 5.41) is 2.72. The van der Waals surface area contributed by atoms with E-state index >= 15 is 0 Å². The van der Waals surface area contributed by atoms with E-state index in [1.165, 1.54) is 0 Å². The normalized spacial score (nSPS) is 12.4. The summed E-state index contributed by atoms with van der Waals surface area (Å²) in [5.74, 6) is 0.655. The minimum atomic E-state index is -0.588. The van der Waals surface area contributed by atoms with Crippen molar-refractivity contribution >= 4 is 12.4 Å². The van der Waals surface area contributed by atoms with Gasteiger partial charge in [0.2, 0.25) is 0 Å². The molecule has 0 aromatic heterocycles. The van der Waals surface area contributed by atoms with Crippen LogP contribution in [0.4, 0.5) is 4.79 Å². The molecule has 21 heavy (non-hydrogen) atoms. The van der Waals surface area contributed by atoms with Crippen LogP contribution >= 0.6 is 0 Å². The number of aldehydes is 1. The van der Waals surface area contributed by atoms with Gasteiger partial charge in [-0.2, -0.15) is 0 Å². The van der Waals surface area contributed by atoms with Gasteiger partial charge in [-0.1, -0.05) is 18.2 Å². The van der Waals surface area contributed by atoms with Crippen LogP contribution in [0.25, 0.3) is 0 Å². The van der Waals surface area contributed by atoms with Gasteiger partial charge in [-0.3, -0.25) is 0 Å². The molecular weight excluding hydrogens is 270 g/mol. The second-order valence-corrected chi connectivity index (χ2v) is 5.57. The van der Waals surface area contributed by atoms with Gasteiger partial charge in [-0.05, 0) is 33.8 Å². The van der Waals surface area contributed by atoms with E-state index < -0.39 is 17.7 Å². The van der Waals surface area contributed by atoms with Crippen molar-refractivity contribution in [3.63, 3.8) is 0 Å². The number of benzene rings is 1. The molecule has 0 radical (unpaired) electrons. The first-order valence-corrected chi connectivity index (χ1v) is 7.02. The van der Waals surface area contributed by atoms with E-state index in [1.807, 2.05) is 31.2 Å². The molecule has 0 heterocycles. The van der Waals surface area contributed by atoms with E-state index in [9.17, 15) is 9.59 Å². The van der Waals surface area contributed by atoms with Gasteiger partial charge in [0.1, 0.15) is 17.6 Å². The molecule has 0 aliphatic carbocycles. The molecule has 0 saturated heterocycles. The summed E-state index contributed by atoms with van der Waals surface area (Å²) < 4.78 is 10.8. The largest absolute Gasteiger partial charge is 0.494 e. The Hall–Kier alpha value is -2.04. The van der Waals surface area contributed by atoms with E-state index in [1.54, 1.807) is 20.8 Å². The summed E-state index contributed by atoms with van der Waals surface area (Å²) in [6, 6.07) is 6.86. The lowest BCUT2D eigenvalue weighted by atomic mass is 10.0. The maximum atomic E-state index is 11.9. The summed E-state index contributed by atoms with van der Waals surface area (Å²) >= 11 is 0. The van der Waals surface area contributed by atoms with Crippen molar-refractivity contribution in [3.05, 3.63) is 29.8 Å². The summed E-state index contributed by atoms with van der Waals surface area (Å²) in [6.07, 6.45) is 0.370. The Morgan fingerprint density at radius 2 is 2.00 bits per heavy atom. The molecule has 5 nitrogen and oxygen atoms in total. The third kappa shape index (κ3) is 5.85. The number of ether oxygens (including phenoxy) is 2. The van der Waals surface area contributed by atoms with Crippen LogP contribution in [0.15, 0.2) is 24.3 Å². The van der Waals surface area contributed by atoms with Gasteiger partial charge in [0.15, 0.2) is 0 Å². The maximum absolute atomic E-state index is 11.9. The summed E-state index contributed by atoms with van der Waals surface area (Å²) in [6.45, 7) is 7.75. The highest BCUT2D eigenvalue weighted by Crippen LogP contribution is 2.27. The zero-order valence-electron chi connectivity index (χ0n) is 13.0. The number of carbonyl (C=O) groups is 2. The van der Waals surface area contributed by atoms with Gasteiger partial charge >= 0.3 is 6.09 Å². The van der Waals surface area contributed by atoms with Crippen molar-refractivity contribution in [2.45, 2.75) is 45.8 Å². The van der Waals surface area contributed by atoms with E-state index in [0.29, 0.717) is 12.4 Å². The lowest BCUT2D eigenvalue weighted by Gasteiger charge is -2.24. The highest BCUT2D eigenvalue weighted by molar-refractivity contribution is 5.69. The summed E-state index contributed by atoms with van der Waals surface area (Å²) in [4.78, 5) is 22.8. The number of nitrogens with one attached hydrogen (secondary N) is 1. The van der Waals surface area contributed by atoms with Crippen LogP contribution in [0, 0.1) is 0 Å². The number of hydrogen-bond donors (Lipinski definition) is 1. The average Bonchev–Trinajstić information content (AvgIpc) is 2.37. The molecule has 0 bridgehead atoms. The quantitative estimate of drug-likeness (QED) is 0.818. The van der Waals surface area contributed by atoms with Gasteiger partial charge in [-0.15, -0.1) is 0 Å². The fourth-order valence-electron chi connectivity index (χ4n) is 1.87. The highest BCUT2D eigenvalue weighted by Gasteiger charge is 2.22. The monoisotopic (exact) mass is 293 g/mol. The molecule has 1 aromatic carbocycles. The maximum Gasteiger partial charge on any atom is 0.408 e. The smallest absolute Gasteiger partial charge is 0.408 e. The molecule has 1 atom stereocenters. The van der Waals surface area contributed by atoms with Gasteiger partial charge < -0.3 is 19.6 Å². The van der Waals surface area contributed by atoms with Crippen molar-refractivity contribution < 1.29 is 19.1 Å². The third-order valence-corrected chi connectivity index (χ3v) is 2.62. The van der Waals surface area contributed by atoms with Gasteiger partial charge in [0.25, 0.3) is 0 Å². The SMILES string of the molecule is CCOc1ccccc1[C@H](CC=O)NC(=O)OC(C)(C)C. The molecule has 0 spiro atoms. The van der Waals surface area contributed by atoms with E-state index in [2.05, 4.69) is 5.32 Å². The Bertz CT molecular complexity index is 479. The third-order valence-electron chi connectivity index (χ3n) is 2.62. The van der Waals surface area contributed by atoms with Crippen molar-refractivity contribution in [3.8, 4) is 5.75 Å². The molecular formula is C16H23NO4. The second-order valence-electron chi connectivity index (χ2n) is 5.57. The van der Waals surface area contributed by atoms with Crippen LogP contribution in [0.3, 0.4) is 0 Å². The Morgan fingerprint density at radius 1 is 1.33 bits per heavy atom. The molecule has 5 heteroatoms. The Labute approximate surface area is 125 Å². The van der Waals surface area contributed by atoms with Crippen molar-refractivity contribution in [2.75, 3.05) is 6.61 Å². The lowest BCUT2D eigenvalue weighted by Crippen LogP contribution is -2.35. The van der Waals surface area contributed by atoms with Gasteiger partial charge in [0.05, 0.1) is 12.6 Å². The van der Waals surface area contributed by atoms with Crippen LogP contribution in [-0.2, 0) is 9.53 Å². The standard InChI is InChI=1S/C16H23NO4/c1-5-20-14-9-7-6-8-12(14)13(10-11-18)17-15(19)21-16(2,3)4/h6-9,11,13H,5,10H2,1-4H3,(H,17,19)/t13-/m0/s1. The zero-order valence-corrected chi connectivity index (χ0v) is 13.0. The molecule has 0 aliphatic rings. The summed E-state index contributed by atoms with van der Waals surface area (Å²) in [5.41, 5.74) is 0.173. The fraction of sp³-hybridized carbons (Fsp3) is 0.500. The Morgan fingerprint density at radius 3 is 2.57 bits per heavy atom. The summed E-state index contributed by atoms with van der Waals surface area (Å²) in [7, 11) is 0. The predicted molar refractivity (Wildman–Crippen MR) is 80.4 cm³/mol. The first-order chi connectivity index (χ1) is 9.87. The van der Waals surface area contributed by atoms with Gasteiger partial charge in [0, 0.05) is 12.0 Å². The van der Waals surface area contributed by atoms with Gasteiger partial charge in [-0.25, -0.2) is 4.79 Å². The Balaban J connectivity index is 2.91. The molecule has 1 amide bonds. The molecule has 1 rings (SSSR count). The van der Waals surface area contributed by atoms with Crippen LogP contribution in [-0.4, -0.2) is 24.6 Å². The van der Waals surface area contributed by atoms with Crippen molar-refractivity contribution in [2.24, 2.45) is 0 Å². The number of para-hydroxylation sites is 1. The number of alkyl carbamates (subject to hydrolysis) is 1. The number of amides is 1. The van der Waals surface area contributed by atoms with Crippen LogP contribution in [0.1, 0.15) is 45.7 Å². The number of rotatable bonds is 6. The molecule has 0 fully saturated rings. The molecule has 0 saturated carbocycles. The van der Waals surface area contributed by atoms with Crippen LogP contribution in [0.2, 0.25) is 0 Å². The van der Waals surface area contributed by atoms with E-state index in [0.717, 1.165) is 11.8 Å². The first kappa shape index (κ1) is 17.0. The lowest BCUT2D eigenvalue weighted by molar-refractivity contribution is -0.108. The number of hydrogen-bond acceptors (Lipinski definition) is 4. The van der Waals surface area contributed by atoms with Crippen LogP contribution < -0.4 is 10.1 Å². The fourth-order valence-corrected chi connectivity index (χ4v) is 1.87. The highest BCUT2D eigenvalue weighted by atomic mass is 16.6. The average molecular weight is 293 g/mol. The molecule has 1 aromatic rings. The second kappa shape index (κ2) is 7.67. The predicted octanol–water partition coefficient (Wildman–Crippen LogP) is 3.24.